The Morgan fingerprint density at radius 1 is 0.830 bits per heavy atom. The Morgan fingerprint density at radius 2 is 1.40 bits per heavy atom. The average molecular weight is 644 g/mol. The third-order valence-corrected chi connectivity index (χ3v) is 8.45. The molecule has 3 aromatic rings. The number of aryl methyl sites for hydroxylation is 3. The van der Waals surface area contributed by atoms with Crippen molar-refractivity contribution in [1.82, 2.24) is 10.2 Å². The van der Waals surface area contributed by atoms with Gasteiger partial charge in [0.15, 0.2) is 0 Å². The van der Waals surface area contributed by atoms with Gasteiger partial charge in [0.1, 0.15) is 23.4 Å². The van der Waals surface area contributed by atoms with E-state index in [1.807, 2.05) is 71.0 Å². The molecule has 0 saturated carbocycles. The van der Waals surface area contributed by atoms with Crippen LogP contribution in [-0.2, 0) is 20.7 Å². The third-order valence-electron chi connectivity index (χ3n) is 8.45. The first-order valence-corrected chi connectivity index (χ1v) is 16.5. The smallest absolute Gasteiger partial charge is 0.408 e. The summed E-state index contributed by atoms with van der Waals surface area (Å²) < 4.78 is 5.59. The van der Waals surface area contributed by atoms with Gasteiger partial charge in [-0.3, -0.25) is 9.59 Å². The molecule has 0 saturated heterocycles. The van der Waals surface area contributed by atoms with Crippen LogP contribution in [0, 0.1) is 33.6 Å². The molecule has 254 valence electrons. The van der Waals surface area contributed by atoms with E-state index in [0.29, 0.717) is 18.0 Å². The van der Waals surface area contributed by atoms with Crippen molar-refractivity contribution in [1.29, 1.82) is 0 Å². The summed E-state index contributed by atoms with van der Waals surface area (Å²) in [6.45, 7) is 19.4. The largest absolute Gasteiger partial charge is 0.508 e. The standard InChI is InChI=1S/C39H53N3O5/c1-24(2)17-18-28(6)42(37(45)33(40-38(46)47-39(8,9)10)23-30-19-21-31(43)22-20-30)35(32-16-12-13-25(3)29(32)7)36(44)41-34-26(4)14-11-15-27(34)5/h11-16,19-22,24,28,33,35,43H,17-18,23H2,1-10H3,(H,40,46)(H,41,44). The number of ether oxygens (including phenoxy) is 1. The van der Waals surface area contributed by atoms with Gasteiger partial charge in [-0.05, 0) is 120 Å². The van der Waals surface area contributed by atoms with E-state index in [2.05, 4.69) is 24.5 Å². The maximum Gasteiger partial charge on any atom is 0.408 e. The molecular formula is C39H53N3O5. The van der Waals surface area contributed by atoms with Crippen LogP contribution in [0.15, 0.2) is 60.7 Å². The SMILES string of the molecule is Cc1cccc(C(C(=O)Nc2c(C)cccc2C)N(C(=O)C(Cc2ccc(O)cc2)NC(=O)OC(C)(C)C)C(C)CCC(C)C)c1C. The van der Waals surface area contributed by atoms with Crippen LogP contribution in [0.2, 0.25) is 0 Å². The molecular weight excluding hydrogens is 590 g/mol. The predicted octanol–water partition coefficient (Wildman–Crippen LogP) is 8.09. The van der Waals surface area contributed by atoms with E-state index in [9.17, 15) is 14.7 Å². The number of alkyl carbamates (subject to hydrolysis) is 1. The summed E-state index contributed by atoms with van der Waals surface area (Å²) in [4.78, 5) is 44.5. The van der Waals surface area contributed by atoms with E-state index in [1.165, 1.54) is 0 Å². The quantitative estimate of drug-likeness (QED) is 0.185. The van der Waals surface area contributed by atoms with Gasteiger partial charge in [0.25, 0.3) is 5.91 Å². The van der Waals surface area contributed by atoms with Gasteiger partial charge in [0.2, 0.25) is 5.91 Å². The van der Waals surface area contributed by atoms with Crippen LogP contribution < -0.4 is 10.6 Å². The molecule has 47 heavy (non-hydrogen) atoms. The Morgan fingerprint density at radius 3 is 1.98 bits per heavy atom. The number of para-hydroxylation sites is 1. The van der Waals surface area contributed by atoms with Crippen molar-refractivity contribution >= 4 is 23.6 Å². The van der Waals surface area contributed by atoms with Crippen molar-refractivity contribution in [2.75, 3.05) is 5.32 Å². The van der Waals surface area contributed by atoms with Crippen LogP contribution >= 0.6 is 0 Å². The van der Waals surface area contributed by atoms with Gasteiger partial charge in [-0.25, -0.2) is 4.79 Å². The van der Waals surface area contributed by atoms with Gasteiger partial charge in [-0.15, -0.1) is 0 Å². The summed E-state index contributed by atoms with van der Waals surface area (Å²) in [5.41, 5.74) is 5.13. The number of aromatic hydroxyl groups is 1. The molecule has 3 unspecified atom stereocenters. The molecule has 0 aromatic heterocycles. The zero-order chi connectivity index (χ0) is 35.1. The highest BCUT2D eigenvalue weighted by Gasteiger charge is 2.40. The minimum atomic E-state index is -1.06. The van der Waals surface area contributed by atoms with Crippen LogP contribution in [0.1, 0.15) is 93.8 Å². The lowest BCUT2D eigenvalue weighted by atomic mass is 9.92. The summed E-state index contributed by atoms with van der Waals surface area (Å²) in [7, 11) is 0. The predicted molar refractivity (Wildman–Crippen MR) is 189 cm³/mol. The Kier molecular flexibility index (Phi) is 12.6. The maximum absolute atomic E-state index is 15.0. The van der Waals surface area contributed by atoms with Crippen molar-refractivity contribution in [3.63, 3.8) is 0 Å². The van der Waals surface area contributed by atoms with Crippen LogP contribution in [0.5, 0.6) is 5.75 Å². The van der Waals surface area contributed by atoms with Gasteiger partial charge in [-0.2, -0.15) is 0 Å². The molecule has 0 aliphatic rings. The first kappa shape index (κ1) is 37.1. The number of amides is 3. The second kappa shape index (κ2) is 16.0. The minimum absolute atomic E-state index is 0.0961. The number of carbonyl (C=O) groups is 3. The third kappa shape index (κ3) is 10.3. The average Bonchev–Trinajstić information content (AvgIpc) is 2.97. The normalized spacial score (nSPS) is 13.4. The molecule has 3 rings (SSSR count). The fourth-order valence-corrected chi connectivity index (χ4v) is 5.70. The Hall–Kier alpha value is -4.33. The number of phenolic OH excluding ortho intramolecular Hbond substituents is 1. The summed E-state index contributed by atoms with van der Waals surface area (Å²) in [5.74, 6) is -0.257. The number of carbonyl (C=O) groups excluding carboxylic acids is 3. The maximum atomic E-state index is 15.0. The molecule has 3 amide bonds. The molecule has 3 N–H and O–H groups in total. The fourth-order valence-electron chi connectivity index (χ4n) is 5.70. The molecule has 0 aliphatic heterocycles. The highest BCUT2D eigenvalue weighted by Crippen LogP contribution is 2.33. The Labute approximate surface area is 280 Å². The van der Waals surface area contributed by atoms with Crippen LogP contribution in [-0.4, -0.2) is 45.6 Å². The molecule has 0 bridgehead atoms. The number of hydrogen-bond donors (Lipinski definition) is 3. The van der Waals surface area contributed by atoms with Gasteiger partial charge in [0, 0.05) is 18.2 Å². The molecule has 8 nitrogen and oxygen atoms in total. The number of nitrogens with zero attached hydrogens (tertiary/aromatic N) is 1. The number of phenols is 1. The lowest BCUT2D eigenvalue weighted by Gasteiger charge is -2.39. The molecule has 0 heterocycles. The number of anilines is 1. The molecule has 8 heteroatoms. The molecule has 3 aromatic carbocycles. The first-order valence-electron chi connectivity index (χ1n) is 16.5. The fraction of sp³-hybridized carbons (Fsp3) is 0.462. The molecule has 0 spiro atoms. The van der Waals surface area contributed by atoms with Crippen LogP contribution in [0.25, 0.3) is 0 Å². The number of rotatable bonds is 12. The molecule has 0 radical (unpaired) electrons. The summed E-state index contributed by atoms with van der Waals surface area (Å²) in [5, 5.41) is 15.9. The topological polar surface area (TPSA) is 108 Å². The van der Waals surface area contributed by atoms with E-state index in [4.69, 9.17) is 4.74 Å². The van der Waals surface area contributed by atoms with E-state index in [1.54, 1.807) is 49.9 Å². The van der Waals surface area contributed by atoms with Crippen molar-refractivity contribution in [2.24, 2.45) is 5.92 Å². The van der Waals surface area contributed by atoms with Crippen molar-refractivity contribution in [3.05, 3.63) is 94.0 Å². The van der Waals surface area contributed by atoms with Gasteiger partial charge in [-0.1, -0.05) is 62.4 Å². The van der Waals surface area contributed by atoms with E-state index < -0.39 is 29.7 Å². The highest BCUT2D eigenvalue weighted by molar-refractivity contribution is 6.00. The lowest BCUT2D eigenvalue weighted by molar-refractivity contribution is -0.143. The summed E-state index contributed by atoms with van der Waals surface area (Å²) in [6.07, 6.45) is 0.891. The molecule has 0 aliphatic carbocycles. The van der Waals surface area contributed by atoms with Crippen LogP contribution in [0.3, 0.4) is 0 Å². The number of hydrogen-bond acceptors (Lipinski definition) is 5. The van der Waals surface area contributed by atoms with Gasteiger partial charge < -0.3 is 25.4 Å². The minimum Gasteiger partial charge on any atom is -0.508 e. The van der Waals surface area contributed by atoms with Gasteiger partial charge >= 0.3 is 6.09 Å². The Balaban J connectivity index is 2.21. The second-order valence-corrected chi connectivity index (χ2v) is 14.1. The second-order valence-electron chi connectivity index (χ2n) is 14.1. The van der Waals surface area contributed by atoms with E-state index >= 15 is 4.79 Å². The van der Waals surface area contributed by atoms with Crippen molar-refractivity contribution < 1.29 is 24.2 Å². The molecule has 3 atom stereocenters. The first-order chi connectivity index (χ1) is 22.0. The van der Waals surface area contributed by atoms with E-state index in [0.717, 1.165) is 39.8 Å². The zero-order valence-electron chi connectivity index (χ0n) is 29.7. The van der Waals surface area contributed by atoms with Crippen molar-refractivity contribution in [2.45, 2.75) is 112 Å². The highest BCUT2D eigenvalue weighted by atomic mass is 16.6. The summed E-state index contributed by atoms with van der Waals surface area (Å²) >= 11 is 0. The monoisotopic (exact) mass is 643 g/mol. The van der Waals surface area contributed by atoms with E-state index in [-0.39, 0.29) is 24.1 Å². The van der Waals surface area contributed by atoms with Crippen molar-refractivity contribution in [3.8, 4) is 5.75 Å². The zero-order valence-corrected chi connectivity index (χ0v) is 29.7. The summed E-state index contributed by atoms with van der Waals surface area (Å²) in [6, 6.07) is 15.8. The number of nitrogens with one attached hydrogen (secondary N) is 2. The van der Waals surface area contributed by atoms with Gasteiger partial charge in [0.05, 0.1) is 0 Å². The lowest BCUT2D eigenvalue weighted by Crippen LogP contribution is -2.55. The molecule has 0 fully saturated rings. The van der Waals surface area contributed by atoms with Crippen LogP contribution in [0.4, 0.5) is 10.5 Å². The number of benzene rings is 3. The Bertz CT molecular complexity index is 1520.